The van der Waals surface area contributed by atoms with Crippen LogP contribution in [0.2, 0.25) is 0 Å². The van der Waals surface area contributed by atoms with E-state index >= 15 is 0 Å². The summed E-state index contributed by atoms with van der Waals surface area (Å²) in [5.74, 6) is 0. The van der Waals surface area contributed by atoms with Crippen molar-refractivity contribution in [1.29, 1.82) is 0 Å². The standard InChI is InChI=1S/C8H17N/c1-5-7-8(6-2)9(3)4/h5,7-8H,6H2,1-4H3. The maximum absolute atomic E-state index is 2.22. The normalized spacial score (nSPS) is 15.2. The van der Waals surface area contributed by atoms with Crippen molar-refractivity contribution in [2.24, 2.45) is 0 Å². The van der Waals surface area contributed by atoms with Gasteiger partial charge in [0.15, 0.2) is 0 Å². The number of hydrogen-bond donors (Lipinski definition) is 0. The van der Waals surface area contributed by atoms with Gasteiger partial charge in [0.05, 0.1) is 0 Å². The molecular weight excluding hydrogens is 110 g/mol. The van der Waals surface area contributed by atoms with Gasteiger partial charge in [0.1, 0.15) is 0 Å². The van der Waals surface area contributed by atoms with Crippen LogP contribution in [0.25, 0.3) is 0 Å². The van der Waals surface area contributed by atoms with Gasteiger partial charge in [-0.3, -0.25) is 0 Å². The third kappa shape index (κ3) is 3.31. The van der Waals surface area contributed by atoms with Gasteiger partial charge in [-0.2, -0.15) is 0 Å². The van der Waals surface area contributed by atoms with Crippen molar-refractivity contribution < 1.29 is 0 Å². The van der Waals surface area contributed by atoms with Gasteiger partial charge in [-0.05, 0) is 27.4 Å². The SMILES string of the molecule is CC=CC(CC)N(C)C. The molecule has 0 fully saturated rings. The van der Waals surface area contributed by atoms with Crippen LogP contribution >= 0.6 is 0 Å². The second-order valence-corrected chi connectivity index (χ2v) is 2.46. The fourth-order valence-corrected chi connectivity index (χ4v) is 0.896. The third-order valence-electron chi connectivity index (χ3n) is 1.50. The monoisotopic (exact) mass is 127 g/mol. The molecule has 1 nitrogen and oxygen atoms in total. The molecular formula is C8H17N. The lowest BCUT2D eigenvalue weighted by Crippen LogP contribution is -2.24. The van der Waals surface area contributed by atoms with E-state index in [1.807, 2.05) is 0 Å². The van der Waals surface area contributed by atoms with Crippen LogP contribution in [0.15, 0.2) is 12.2 Å². The van der Waals surface area contributed by atoms with E-state index in [0.29, 0.717) is 6.04 Å². The molecule has 0 amide bonds. The van der Waals surface area contributed by atoms with Crippen molar-refractivity contribution in [3.63, 3.8) is 0 Å². The summed E-state index contributed by atoms with van der Waals surface area (Å²) in [6.45, 7) is 4.26. The highest BCUT2D eigenvalue weighted by molar-refractivity contribution is 4.89. The number of likely N-dealkylation sites (N-methyl/N-ethyl adjacent to an activating group) is 1. The van der Waals surface area contributed by atoms with Crippen molar-refractivity contribution in [2.75, 3.05) is 14.1 Å². The molecule has 1 heteroatoms. The Morgan fingerprint density at radius 3 is 2.11 bits per heavy atom. The number of allylic oxidation sites excluding steroid dienone is 1. The van der Waals surface area contributed by atoms with Crippen molar-refractivity contribution in [3.05, 3.63) is 12.2 Å². The second kappa shape index (κ2) is 4.57. The minimum absolute atomic E-state index is 0.620. The first kappa shape index (κ1) is 8.70. The zero-order valence-corrected chi connectivity index (χ0v) is 6.89. The Morgan fingerprint density at radius 2 is 2.00 bits per heavy atom. The average molecular weight is 127 g/mol. The summed E-state index contributed by atoms with van der Waals surface area (Å²) in [6.07, 6.45) is 5.52. The highest BCUT2D eigenvalue weighted by Crippen LogP contribution is 1.99. The molecule has 0 radical (unpaired) electrons. The minimum atomic E-state index is 0.620. The molecule has 0 saturated heterocycles. The first-order valence-corrected chi connectivity index (χ1v) is 3.51. The van der Waals surface area contributed by atoms with Crippen LogP contribution in [0.4, 0.5) is 0 Å². The Labute approximate surface area is 58.4 Å². The van der Waals surface area contributed by atoms with Crippen LogP contribution in [0.5, 0.6) is 0 Å². The summed E-state index contributed by atoms with van der Waals surface area (Å²) < 4.78 is 0. The molecule has 0 bridgehead atoms. The van der Waals surface area contributed by atoms with Gasteiger partial charge in [0.25, 0.3) is 0 Å². The van der Waals surface area contributed by atoms with Crippen molar-refractivity contribution in [2.45, 2.75) is 26.3 Å². The maximum atomic E-state index is 2.22. The molecule has 0 aliphatic carbocycles. The predicted octanol–water partition coefficient (Wildman–Crippen LogP) is 1.90. The maximum Gasteiger partial charge on any atom is 0.0269 e. The van der Waals surface area contributed by atoms with Crippen LogP contribution in [0.1, 0.15) is 20.3 Å². The molecule has 1 unspecified atom stereocenters. The van der Waals surface area contributed by atoms with E-state index in [4.69, 9.17) is 0 Å². The topological polar surface area (TPSA) is 3.24 Å². The zero-order valence-electron chi connectivity index (χ0n) is 6.89. The van der Waals surface area contributed by atoms with Crippen LogP contribution in [0, 0.1) is 0 Å². The summed E-state index contributed by atoms with van der Waals surface area (Å²) in [4.78, 5) is 2.22. The van der Waals surface area contributed by atoms with Crippen molar-refractivity contribution >= 4 is 0 Å². The van der Waals surface area contributed by atoms with Gasteiger partial charge in [0.2, 0.25) is 0 Å². The molecule has 0 heterocycles. The molecule has 0 saturated carbocycles. The fraction of sp³-hybridized carbons (Fsp3) is 0.750. The predicted molar refractivity (Wildman–Crippen MR) is 42.6 cm³/mol. The van der Waals surface area contributed by atoms with E-state index in [0.717, 1.165) is 0 Å². The highest BCUT2D eigenvalue weighted by Gasteiger charge is 2.01. The Bertz CT molecular complexity index is 84.6. The summed E-state index contributed by atoms with van der Waals surface area (Å²) in [5, 5.41) is 0. The lowest BCUT2D eigenvalue weighted by molar-refractivity contribution is 0.336. The zero-order chi connectivity index (χ0) is 7.28. The van der Waals surface area contributed by atoms with Crippen LogP contribution in [-0.2, 0) is 0 Å². The molecule has 0 aliphatic rings. The molecule has 0 rings (SSSR count). The lowest BCUT2D eigenvalue weighted by atomic mass is 10.2. The van der Waals surface area contributed by atoms with E-state index in [1.165, 1.54) is 6.42 Å². The van der Waals surface area contributed by atoms with Crippen LogP contribution < -0.4 is 0 Å². The number of hydrogen-bond acceptors (Lipinski definition) is 1. The molecule has 1 atom stereocenters. The Kier molecular flexibility index (Phi) is 4.41. The summed E-state index contributed by atoms with van der Waals surface area (Å²) in [6, 6.07) is 0.620. The second-order valence-electron chi connectivity index (χ2n) is 2.46. The van der Waals surface area contributed by atoms with E-state index < -0.39 is 0 Å². The molecule has 0 aliphatic heterocycles. The summed E-state index contributed by atoms with van der Waals surface area (Å²) in [7, 11) is 4.21. The van der Waals surface area contributed by atoms with Gasteiger partial charge in [-0.25, -0.2) is 0 Å². The quantitative estimate of drug-likeness (QED) is 0.523. The number of nitrogens with zero attached hydrogens (tertiary/aromatic N) is 1. The first-order valence-electron chi connectivity index (χ1n) is 3.51. The minimum Gasteiger partial charge on any atom is -0.303 e. The van der Waals surface area contributed by atoms with Gasteiger partial charge in [-0.15, -0.1) is 0 Å². The molecule has 0 aromatic carbocycles. The lowest BCUT2D eigenvalue weighted by Gasteiger charge is -2.18. The van der Waals surface area contributed by atoms with E-state index in [1.54, 1.807) is 0 Å². The number of rotatable bonds is 3. The average Bonchev–Trinajstić information content (AvgIpc) is 1.82. The van der Waals surface area contributed by atoms with Crippen molar-refractivity contribution in [3.8, 4) is 0 Å². The molecule has 9 heavy (non-hydrogen) atoms. The Hall–Kier alpha value is -0.300. The molecule has 0 aromatic rings. The van der Waals surface area contributed by atoms with Crippen molar-refractivity contribution in [1.82, 2.24) is 4.90 Å². The van der Waals surface area contributed by atoms with E-state index in [2.05, 4.69) is 45.0 Å². The van der Waals surface area contributed by atoms with Gasteiger partial charge < -0.3 is 4.90 Å². The highest BCUT2D eigenvalue weighted by atomic mass is 15.1. The molecule has 0 spiro atoms. The van der Waals surface area contributed by atoms with Gasteiger partial charge in [-0.1, -0.05) is 19.1 Å². The largest absolute Gasteiger partial charge is 0.303 e. The molecule has 0 aromatic heterocycles. The summed E-state index contributed by atoms with van der Waals surface area (Å²) >= 11 is 0. The van der Waals surface area contributed by atoms with Gasteiger partial charge in [0, 0.05) is 6.04 Å². The fourth-order valence-electron chi connectivity index (χ4n) is 0.896. The smallest absolute Gasteiger partial charge is 0.0269 e. The Morgan fingerprint density at radius 1 is 1.44 bits per heavy atom. The van der Waals surface area contributed by atoms with Crippen LogP contribution in [0.3, 0.4) is 0 Å². The summed E-state index contributed by atoms with van der Waals surface area (Å²) in [5.41, 5.74) is 0. The van der Waals surface area contributed by atoms with Crippen LogP contribution in [-0.4, -0.2) is 25.0 Å². The molecule has 0 N–H and O–H groups in total. The first-order chi connectivity index (χ1) is 4.22. The third-order valence-corrected chi connectivity index (χ3v) is 1.50. The molecule has 54 valence electrons. The Balaban J connectivity index is 3.68. The van der Waals surface area contributed by atoms with Gasteiger partial charge >= 0.3 is 0 Å². The van der Waals surface area contributed by atoms with E-state index in [-0.39, 0.29) is 0 Å². The van der Waals surface area contributed by atoms with E-state index in [9.17, 15) is 0 Å².